The zero-order chi connectivity index (χ0) is 18.0. The third-order valence-corrected chi connectivity index (χ3v) is 4.40. The number of carbonyl (C=O) groups is 1. The first-order valence-corrected chi connectivity index (χ1v) is 8.27. The maximum atomic E-state index is 12.5. The number of nitro groups is 1. The third kappa shape index (κ3) is 3.74. The molecule has 0 aliphatic rings. The Morgan fingerprint density at radius 1 is 1.24 bits per heavy atom. The Hall–Kier alpha value is -3.00. The Morgan fingerprint density at radius 2 is 1.96 bits per heavy atom. The molecule has 0 saturated heterocycles. The quantitative estimate of drug-likeness (QED) is 0.550. The fraction of sp³-hybridized carbons (Fsp3) is 0.176. The van der Waals surface area contributed by atoms with E-state index in [1.807, 2.05) is 18.2 Å². The topological polar surface area (TPSA) is 94.4 Å². The average molecular weight is 357 g/mol. The first-order chi connectivity index (χ1) is 11.8. The predicted octanol–water partition coefficient (Wildman–Crippen LogP) is 4.00. The molecule has 1 amide bonds. The van der Waals surface area contributed by atoms with Crippen molar-refractivity contribution in [3.05, 3.63) is 58.6 Å². The van der Waals surface area contributed by atoms with Gasteiger partial charge in [-0.2, -0.15) is 0 Å². The van der Waals surface area contributed by atoms with E-state index < -0.39 is 10.5 Å². The number of aromatic nitrogens is 1. The van der Waals surface area contributed by atoms with E-state index in [2.05, 4.69) is 10.3 Å². The molecule has 3 aromatic rings. The van der Waals surface area contributed by atoms with Crippen LogP contribution in [0.25, 0.3) is 10.2 Å². The highest BCUT2D eigenvalue weighted by molar-refractivity contribution is 7.22. The van der Waals surface area contributed by atoms with Crippen LogP contribution in [0.5, 0.6) is 5.75 Å². The second-order valence-electron chi connectivity index (χ2n) is 5.81. The normalized spacial score (nSPS) is 11.3. The zero-order valence-electron chi connectivity index (χ0n) is 13.6. The molecule has 0 aliphatic carbocycles. The summed E-state index contributed by atoms with van der Waals surface area (Å²) in [6.07, 6.45) is 0. The van der Waals surface area contributed by atoms with Crippen LogP contribution in [0.4, 0.5) is 10.8 Å². The number of hydrogen-bond donors (Lipinski definition) is 1. The van der Waals surface area contributed by atoms with Crippen molar-refractivity contribution in [2.75, 3.05) is 5.32 Å². The van der Waals surface area contributed by atoms with E-state index in [1.165, 1.54) is 23.5 Å². The summed E-state index contributed by atoms with van der Waals surface area (Å²) in [5.74, 6) is 0.229. The van der Waals surface area contributed by atoms with Gasteiger partial charge in [-0.1, -0.05) is 29.5 Å². The number of non-ortho nitro benzene ring substituents is 1. The van der Waals surface area contributed by atoms with E-state index in [-0.39, 0.29) is 11.6 Å². The molecular formula is C17H15N3O4S. The number of nitrogens with one attached hydrogen (secondary N) is 1. The van der Waals surface area contributed by atoms with Gasteiger partial charge in [0.2, 0.25) is 0 Å². The summed E-state index contributed by atoms with van der Waals surface area (Å²) in [5.41, 5.74) is -0.528. The number of hydrogen-bond acceptors (Lipinski definition) is 6. The van der Waals surface area contributed by atoms with Crippen LogP contribution in [0.1, 0.15) is 13.8 Å². The zero-order valence-corrected chi connectivity index (χ0v) is 14.4. The van der Waals surface area contributed by atoms with Gasteiger partial charge in [0.15, 0.2) is 10.7 Å². The van der Waals surface area contributed by atoms with Gasteiger partial charge in [0.1, 0.15) is 5.75 Å². The monoisotopic (exact) mass is 357 g/mol. The van der Waals surface area contributed by atoms with Crippen molar-refractivity contribution in [1.82, 2.24) is 4.98 Å². The summed E-state index contributed by atoms with van der Waals surface area (Å²) >= 11 is 1.18. The first kappa shape index (κ1) is 16.8. The van der Waals surface area contributed by atoms with Gasteiger partial charge in [0.05, 0.1) is 15.1 Å². The number of anilines is 1. The van der Waals surface area contributed by atoms with Crippen molar-refractivity contribution in [3.8, 4) is 5.75 Å². The van der Waals surface area contributed by atoms with Crippen LogP contribution in [0.2, 0.25) is 0 Å². The fourth-order valence-electron chi connectivity index (χ4n) is 2.16. The maximum absolute atomic E-state index is 12.5. The molecule has 0 saturated carbocycles. The molecular weight excluding hydrogens is 342 g/mol. The molecule has 1 heterocycles. The second kappa shape index (κ2) is 6.48. The van der Waals surface area contributed by atoms with E-state index in [9.17, 15) is 14.9 Å². The van der Waals surface area contributed by atoms with Gasteiger partial charge in [-0.25, -0.2) is 4.98 Å². The van der Waals surface area contributed by atoms with Gasteiger partial charge >= 0.3 is 0 Å². The van der Waals surface area contributed by atoms with Gasteiger partial charge in [-0.15, -0.1) is 0 Å². The minimum atomic E-state index is -1.11. The van der Waals surface area contributed by atoms with E-state index >= 15 is 0 Å². The average Bonchev–Trinajstić information content (AvgIpc) is 2.96. The number of para-hydroxylation sites is 1. The first-order valence-electron chi connectivity index (χ1n) is 7.46. The highest BCUT2D eigenvalue weighted by atomic mass is 32.1. The summed E-state index contributed by atoms with van der Waals surface area (Å²) < 4.78 is 6.37. The minimum Gasteiger partial charge on any atom is -0.478 e. The highest BCUT2D eigenvalue weighted by Crippen LogP contribution is 2.30. The van der Waals surface area contributed by atoms with Gasteiger partial charge in [0, 0.05) is 12.1 Å². The second-order valence-corrected chi connectivity index (χ2v) is 6.84. The van der Waals surface area contributed by atoms with Crippen LogP contribution < -0.4 is 10.1 Å². The number of benzene rings is 2. The van der Waals surface area contributed by atoms with E-state index in [4.69, 9.17) is 4.74 Å². The molecule has 3 rings (SSSR count). The SMILES string of the molecule is CC(C)(Oc1ccccc1)C(=O)Nc1nc2ccc([N+](=O)[O-])cc2s1. The summed E-state index contributed by atoms with van der Waals surface area (Å²) in [7, 11) is 0. The van der Waals surface area contributed by atoms with Crippen molar-refractivity contribution in [2.45, 2.75) is 19.4 Å². The van der Waals surface area contributed by atoms with E-state index in [0.29, 0.717) is 21.1 Å². The number of nitro benzene ring substituents is 1. The smallest absolute Gasteiger partial charge is 0.270 e. The summed E-state index contributed by atoms with van der Waals surface area (Å²) in [6.45, 7) is 3.32. The number of carbonyl (C=O) groups excluding carboxylic acids is 1. The van der Waals surface area contributed by atoms with Crippen molar-refractivity contribution in [3.63, 3.8) is 0 Å². The Morgan fingerprint density at radius 3 is 2.64 bits per heavy atom. The Bertz CT molecular complexity index is 937. The summed E-state index contributed by atoms with van der Waals surface area (Å²) in [4.78, 5) is 27.2. The highest BCUT2D eigenvalue weighted by Gasteiger charge is 2.30. The van der Waals surface area contributed by atoms with Crippen LogP contribution in [0, 0.1) is 10.1 Å². The number of thiazole rings is 1. The molecule has 0 radical (unpaired) electrons. The number of fused-ring (bicyclic) bond motifs is 1. The van der Waals surface area contributed by atoms with Crippen molar-refractivity contribution in [2.24, 2.45) is 0 Å². The molecule has 2 aromatic carbocycles. The maximum Gasteiger partial charge on any atom is 0.270 e. The van der Waals surface area contributed by atoms with Gasteiger partial charge in [-0.3, -0.25) is 20.2 Å². The molecule has 0 aliphatic heterocycles. The van der Waals surface area contributed by atoms with Crippen molar-refractivity contribution in [1.29, 1.82) is 0 Å². The van der Waals surface area contributed by atoms with Gasteiger partial charge in [-0.05, 0) is 32.0 Å². The summed E-state index contributed by atoms with van der Waals surface area (Å²) in [5, 5.41) is 13.9. The van der Waals surface area contributed by atoms with Crippen LogP contribution in [-0.4, -0.2) is 21.4 Å². The molecule has 1 N–H and O–H groups in total. The molecule has 8 heteroatoms. The van der Waals surface area contributed by atoms with E-state index in [1.54, 1.807) is 32.0 Å². The van der Waals surface area contributed by atoms with Crippen LogP contribution >= 0.6 is 11.3 Å². The Kier molecular flexibility index (Phi) is 4.37. The number of amides is 1. The predicted molar refractivity (Wildman–Crippen MR) is 96.1 cm³/mol. The largest absolute Gasteiger partial charge is 0.478 e. The molecule has 0 atom stereocenters. The number of rotatable bonds is 5. The molecule has 7 nitrogen and oxygen atoms in total. The standard InChI is InChI=1S/C17H15N3O4S/c1-17(2,24-12-6-4-3-5-7-12)15(21)19-16-18-13-9-8-11(20(22)23)10-14(13)25-16/h3-10H,1-2H3,(H,18,19,21). The lowest BCUT2D eigenvalue weighted by atomic mass is 10.1. The molecule has 0 unspecified atom stereocenters. The van der Waals surface area contributed by atoms with Gasteiger partial charge in [0.25, 0.3) is 11.6 Å². The lowest BCUT2D eigenvalue weighted by Crippen LogP contribution is -2.42. The third-order valence-electron chi connectivity index (χ3n) is 3.47. The van der Waals surface area contributed by atoms with Crippen LogP contribution in [0.15, 0.2) is 48.5 Å². The van der Waals surface area contributed by atoms with Crippen LogP contribution in [0.3, 0.4) is 0 Å². The van der Waals surface area contributed by atoms with Crippen molar-refractivity contribution < 1.29 is 14.5 Å². The molecule has 1 aromatic heterocycles. The summed E-state index contributed by atoms with van der Waals surface area (Å²) in [6, 6.07) is 13.4. The molecule has 25 heavy (non-hydrogen) atoms. The molecule has 0 bridgehead atoms. The van der Waals surface area contributed by atoms with Crippen molar-refractivity contribution >= 4 is 38.3 Å². The molecule has 128 valence electrons. The van der Waals surface area contributed by atoms with E-state index in [0.717, 1.165) is 0 Å². The fourth-order valence-corrected chi connectivity index (χ4v) is 3.05. The van der Waals surface area contributed by atoms with Crippen LogP contribution in [-0.2, 0) is 4.79 Å². The Labute approximate surface area is 147 Å². The number of nitrogens with zero attached hydrogens (tertiary/aromatic N) is 2. The number of ether oxygens (including phenoxy) is 1. The molecule has 0 fully saturated rings. The lowest BCUT2D eigenvalue weighted by Gasteiger charge is -2.24. The molecule has 0 spiro atoms. The minimum absolute atomic E-state index is 0.0123. The Balaban J connectivity index is 1.77. The lowest BCUT2D eigenvalue weighted by molar-refractivity contribution is -0.384. The van der Waals surface area contributed by atoms with Gasteiger partial charge < -0.3 is 4.74 Å².